The van der Waals surface area contributed by atoms with Crippen LogP contribution in [0.25, 0.3) is 0 Å². The summed E-state index contributed by atoms with van der Waals surface area (Å²) in [5.41, 5.74) is 0.465. The Morgan fingerprint density at radius 1 is 1.21 bits per heavy atom. The Kier molecular flexibility index (Phi) is 4.19. The number of benzene rings is 1. The number of amides is 1. The maximum absolute atomic E-state index is 13.5. The van der Waals surface area contributed by atoms with Crippen LogP contribution in [0.4, 0.5) is 8.78 Å². The van der Waals surface area contributed by atoms with Gasteiger partial charge in [-0.3, -0.25) is 9.59 Å². The molecule has 2 atom stereocenters. The topological polar surface area (TPSA) is 62.5 Å². The molecule has 1 aromatic carbocycles. The zero-order valence-electron chi connectivity index (χ0n) is 12.9. The standard InChI is InChI=1S/C17H16F2N2O3/c1-20-8-11(3-5-16(20)23)17(24)21-9-12(22)7-15(21)10-2-4-13(18)14(19)6-10/h2-6,8,12,15,22H,7,9H2,1H3/t12-,15-/m1/s1. The lowest BCUT2D eigenvalue weighted by Crippen LogP contribution is -2.32. The Morgan fingerprint density at radius 3 is 2.62 bits per heavy atom. The quantitative estimate of drug-likeness (QED) is 0.908. The van der Waals surface area contributed by atoms with Crippen molar-refractivity contribution >= 4 is 5.91 Å². The Morgan fingerprint density at radius 2 is 1.96 bits per heavy atom. The predicted molar refractivity (Wildman–Crippen MR) is 82.4 cm³/mol. The molecule has 5 nitrogen and oxygen atoms in total. The second kappa shape index (κ2) is 6.16. The van der Waals surface area contributed by atoms with E-state index in [0.717, 1.165) is 12.1 Å². The van der Waals surface area contributed by atoms with Gasteiger partial charge in [-0.05, 0) is 30.2 Å². The first kappa shape index (κ1) is 16.3. The Bertz CT molecular complexity index is 850. The summed E-state index contributed by atoms with van der Waals surface area (Å²) in [6, 6.07) is 5.59. The lowest BCUT2D eigenvalue weighted by molar-refractivity contribution is 0.0714. The van der Waals surface area contributed by atoms with Crippen molar-refractivity contribution in [2.24, 2.45) is 7.05 Å². The van der Waals surface area contributed by atoms with E-state index in [0.29, 0.717) is 11.1 Å². The van der Waals surface area contributed by atoms with Crippen molar-refractivity contribution in [3.63, 3.8) is 0 Å². The number of aryl methyl sites for hydroxylation is 1. The van der Waals surface area contributed by atoms with Gasteiger partial charge in [0.1, 0.15) is 0 Å². The number of aliphatic hydroxyl groups excluding tert-OH is 1. The monoisotopic (exact) mass is 334 g/mol. The fourth-order valence-corrected chi connectivity index (χ4v) is 2.96. The number of carbonyl (C=O) groups excluding carboxylic acids is 1. The molecule has 1 aliphatic rings. The third-order valence-electron chi connectivity index (χ3n) is 4.20. The smallest absolute Gasteiger partial charge is 0.255 e. The van der Waals surface area contributed by atoms with Gasteiger partial charge in [0.05, 0.1) is 17.7 Å². The lowest BCUT2D eigenvalue weighted by Gasteiger charge is -2.25. The molecule has 126 valence electrons. The number of carbonyl (C=O) groups is 1. The number of nitrogens with zero attached hydrogens (tertiary/aromatic N) is 2. The van der Waals surface area contributed by atoms with Gasteiger partial charge >= 0.3 is 0 Å². The molecule has 1 amide bonds. The summed E-state index contributed by atoms with van der Waals surface area (Å²) in [6.07, 6.45) is 0.903. The molecule has 1 aromatic heterocycles. The van der Waals surface area contributed by atoms with Crippen LogP contribution in [0, 0.1) is 11.6 Å². The summed E-state index contributed by atoms with van der Waals surface area (Å²) in [5.74, 6) is -2.34. The molecule has 3 rings (SSSR count). The molecule has 0 saturated carbocycles. The highest BCUT2D eigenvalue weighted by atomic mass is 19.2. The molecule has 0 bridgehead atoms. The van der Waals surface area contributed by atoms with E-state index in [4.69, 9.17) is 0 Å². The Hall–Kier alpha value is -2.54. The average Bonchev–Trinajstić information content (AvgIpc) is 2.94. The molecule has 2 heterocycles. The van der Waals surface area contributed by atoms with Crippen LogP contribution in [0.1, 0.15) is 28.4 Å². The van der Waals surface area contributed by atoms with E-state index in [-0.39, 0.29) is 24.4 Å². The highest BCUT2D eigenvalue weighted by Gasteiger charge is 2.36. The van der Waals surface area contributed by atoms with Gasteiger partial charge in [0.2, 0.25) is 5.56 Å². The molecule has 7 heteroatoms. The third kappa shape index (κ3) is 2.94. The molecular formula is C17H16F2N2O3. The Labute approximate surface area is 136 Å². The van der Waals surface area contributed by atoms with Crippen molar-refractivity contribution in [3.8, 4) is 0 Å². The van der Waals surface area contributed by atoms with Gasteiger partial charge in [-0.25, -0.2) is 8.78 Å². The molecule has 1 saturated heterocycles. The fraction of sp³-hybridized carbons (Fsp3) is 0.294. The molecule has 0 aliphatic carbocycles. The molecule has 0 radical (unpaired) electrons. The predicted octanol–water partition coefficient (Wildman–Crippen LogP) is 1.61. The molecule has 2 aromatic rings. The highest BCUT2D eigenvalue weighted by molar-refractivity contribution is 5.94. The largest absolute Gasteiger partial charge is 0.391 e. The van der Waals surface area contributed by atoms with Gasteiger partial charge in [0.25, 0.3) is 5.91 Å². The zero-order valence-corrected chi connectivity index (χ0v) is 12.9. The molecule has 0 unspecified atom stereocenters. The molecule has 24 heavy (non-hydrogen) atoms. The summed E-state index contributed by atoms with van der Waals surface area (Å²) in [4.78, 5) is 25.6. The van der Waals surface area contributed by atoms with Gasteiger partial charge in [-0.2, -0.15) is 0 Å². The van der Waals surface area contributed by atoms with E-state index in [1.165, 1.54) is 40.9 Å². The normalized spacial score (nSPS) is 20.4. The first-order valence-corrected chi connectivity index (χ1v) is 7.47. The first-order valence-electron chi connectivity index (χ1n) is 7.47. The van der Waals surface area contributed by atoms with E-state index in [2.05, 4.69) is 0 Å². The number of β-amino-alcohol motifs (C(OH)–C–C–N with tert-alkyl or cyclic N) is 1. The van der Waals surface area contributed by atoms with Crippen molar-refractivity contribution in [1.82, 2.24) is 9.47 Å². The first-order chi connectivity index (χ1) is 11.4. The summed E-state index contributed by atoms with van der Waals surface area (Å²) >= 11 is 0. The van der Waals surface area contributed by atoms with Crippen LogP contribution < -0.4 is 5.56 Å². The van der Waals surface area contributed by atoms with Crippen molar-refractivity contribution in [3.05, 3.63) is 69.6 Å². The number of pyridine rings is 1. The number of hydrogen-bond acceptors (Lipinski definition) is 3. The maximum Gasteiger partial charge on any atom is 0.255 e. The zero-order chi connectivity index (χ0) is 17.4. The van der Waals surface area contributed by atoms with Crippen LogP contribution in [0.5, 0.6) is 0 Å². The van der Waals surface area contributed by atoms with Crippen LogP contribution in [-0.4, -0.2) is 33.1 Å². The van der Waals surface area contributed by atoms with Crippen molar-refractivity contribution in [2.75, 3.05) is 6.54 Å². The highest BCUT2D eigenvalue weighted by Crippen LogP contribution is 2.33. The number of likely N-dealkylation sites (tertiary alicyclic amines) is 1. The van der Waals surface area contributed by atoms with E-state index in [1.54, 1.807) is 0 Å². The Balaban J connectivity index is 1.94. The summed E-state index contributed by atoms with van der Waals surface area (Å²) < 4.78 is 27.9. The number of halogens is 2. The molecule has 0 spiro atoms. The minimum atomic E-state index is -0.997. The second-order valence-electron chi connectivity index (χ2n) is 5.90. The number of aliphatic hydroxyl groups is 1. The summed E-state index contributed by atoms with van der Waals surface area (Å²) in [5, 5.41) is 9.93. The van der Waals surface area contributed by atoms with Crippen LogP contribution in [-0.2, 0) is 7.05 Å². The van der Waals surface area contributed by atoms with Gasteiger partial charge < -0.3 is 14.6 Å². The van der Waals surface area contributed by atoms with Gasteiger partial charge in [-0.1, -0.05) is 6.07 Å². The lowest BCUT2D eigenvalue weighted by atomic mass is 10.0. The maximum atomic E-state index is 13.5. The average molecular weight is 334 g/mol. The number of hydrogen-bond donors (Lipinski definition) is 1. The van der Waals surface area contributed by atoms with Crippen LogP contribution >= 0.6 is 0 Å². The molecular weight excluding hydrogens is 318 g/mol. The van der Waals surface area contributed by atoms with E-state index in [1.807, 2.05) is 0 Å². The molecule has 1 N–H and O–H groups in total. The van der Waals surface area contributed by atoms with Gasteiger partial charge in [0.15, 0.2) is 11.6 Å². The fourth-order valence-electron chi connectivity index (χ4n) is 2.96. The minimum absolute atomic E-state index is 0.0886. The van der Waals surface area contributed by atoms with E-state index < -0.39 is 23.8 Å². The van der Waals surface area contributed by atoms with Crippen LogP contribution in [0.15, 0.2) is 41.3 Å². The SMILES string of the molecule is Cn1cc(C(=O)N2C[C@H](O)C[C@@H]2c2ccc(F)c(F)c2)ccc1=O. The van der Waals surface area contributed by atoms with E-state index in [9.17, 15) is 23.5 Å². The second-order valence-corrected chi connectivity index (χ2v) is 5.90. The number of aromatic nitrogens is 1. The van der Waals surface area contributed by atoms with Crippen molar-refractivity contribution < 1.29 is 18.7 Å². The number of rotatable bonds is 2. The minimum Gasteiger partial charge on any atom is -0.391 e. The van der Waals surface area contributed by atoms with Crippen LogP contribution in [0.2, 0.25) is 0 Å². The van der Waals surface area contributed by atoms with Gasteiger partial charge in [0, 0.05) is 25.9 Å². The van der Waals surface area contributed by atoms with Crippen molar-refractivity contribution in [1.29, 1.82) is 0 Å². The van der Waals surface area contributed by atoms with Gasteiger partial charge in [-0.15, -0.1) is 0 Å². The third-order valence-corrected chi connectivity index (χ3v) is 4.20. The molecule has 1 fully saturated rings. The van der Waals surface area contributed by atoms with E-state index >= 15 is 0 Å². The van der Waals surface area contributed by atoms with Crippen molar-refractivity contribution in [2.45, 2.75) is 18.6 Å². The summed E-state index contributed by atoms with van der Waals surface area (Å²) in [7, 11) is 1.53. The molecule has 1 aliphatic heterocycles. The summed E-state index contributed by atoms with van der Waals surface area (Å²) in [6.45, 7) is 0.0886. The van der Waals surface area contributed by atoms with Crippen LogP contribution in [0.3, 0.4) is 0 Å².